The molecule has 2 atom stereocenters. The number of piperidine rings is 1. The fraction of sp³-hybridized carbons (Fsp3) is 0.524. The van der Waals surface area contributed by atoms with Crippen molar-refractivity contribution in [2.75, 3.05) is 39.9 Å². The number of hydrogen-bond donors (Lipinski definition) is 1. The monoisotopic (exact) mass is 513 g/mol. The highest BCUT2D eigenvalue weighted by Crippen LogP contribution is 2.27. The van der Waals surface area contributed by atoms with Crippen LogP contribution in [0.5, 0.6) is 11.5 Å². The van der Waals surface area contributed by atoms with Crippen LogP contribution in [0.1, 0.15) is 26.3 Å². The second-order valence-corrected chi connectivity index (χ2v) is 7.05. The molecule has 2 heterocycles. The summed E-state index contributed by atoms with van der Waals surface area (Å²) >= 11 is 0. The number of nitrogens with one attached hydrogen (secondary N) is 1. The van der Waals surface area contributed by atoms with Crippen molar-refractivity contribution >= 4 is 29.9 Å². The van der Waals surface area contributed by atoms with Crippen molar-refractivity contribution in [1.82, 2.24) is 19.8 Å². The first kappa shape index (κ1) is 23.3. The number of ether oxygens (including phenoxy) is 2. The van der Waals surface area contributed by atoms with Gasteiger partial charge >= 0.3 is 0 Å². The summed E-state index contributed by atoms with van der Waals surface area (Å²) in [6, 6.07) is 8.05. The molecule has 2 aromatic rings. The molecule has 8 heteroatoms. The minimum Gasteiger partial charge on any atom is -0.497 e. The van der Waals surface area contributed by atoms with Gasteiger partial charge < -0.3 is 24.3 Å². The van der Waals surface area contributed by atoms with E-state index < -0.39 is 0 Å². The summed E-state index contributed by atoms with van der Waals surface area (Å²) in [5, 5.41) is 3.43. The van der Waals surface area contributed by atoms with Gasteiger partial charge in [-0.3, -0.25) is 0 Å². The molecule has 1 aromatic heterocycles. The van der Waals surface area contributed by atoms with Crippen LogP contribution in [0.3, 0.4) is 0 Å². The first-order valence-corrected chi connectivity index (χ1v) is 9.98. The van der Waals surface area contributed by atoms with Crippen molar-refractivity contribution in [2.24, 2.45) is 10.9 Å². The van der Waals surface area contributed by atoms with Crippen LogP contribution in [0.2, 0.25) is 0 Å². The Hall–Kier alpha value is -1.97. The third-order valence-corrected chi connectivity index (χ3v) is 5.12. The zero-order chi connectivity index (χ0) is 19.8. The molecule has 1 fully saturated rings. The SMILES string of the molecule is CCNC(=NCCOc1cccc(OC)c1)N1CCC(C)C(n2ccnc2)C1.I. The highest BCUT2D eigenvalue weighted by molar-refractivity contribution is 14.0. The largest absolute Gasteiger partial charge is 0.497 e. The molecule has 7 nitrogen and oxygen atoms in total. The molecule has 1 aliphatic heterocycles. The third-order valence-electron chi connectivity index (χ3n) is 5.12. The Kier molecular flexibility index (Phi) is 9.56. The number of methoxy groups -OCH3 is 1. The van der Waals surface area contributed by atoms with Gasteiger partial charge in [0.2, 0.25) is 0 Å². The van der Waals surface area contributed by atoms with Crippen molar-refractivity contribution in [3.8, 4) is 11.5 Å². The third kappa shape index (κ3) is 6.52. The molecule has 1 aliphatic rings. The zero-order valence-corrected chi connectivity index (χ0v) is 19.8. The van der Waals surface area contributed by atoms with Gasteiger partial charge in [0, 0.05) is 38.1 Å². The van der Waals surface area contributed by atoms with E-state index in [0.717, 1.165) is 43.5 Å². The van der Waals surface area contributed by atoms with Gasteiger partial charge in [-0.25, -0.2) is 9.98 Å². The molecule has 0 amide bonds. The van der Waals surface area contributed by atoms with Gasteiger partial charge in [0.1, 0.15) is 18.1 Å². The Morgan fingerprint density at radius 1 is 1.34 bits per heavy atom. The molecule has 160 valence electrons. The molecule has 29 heavy (non-hydrogen) atoms. The summed E-state index contributed by atoms with van der Waals surface area (Å²) < 4.78 is 13.3. The number of halogens is 1. The van der Waals surface area contributed by atoms with Crippen LogP contribution in [0.15, 0.2) is 48.0 Å². The molecule has 3 rings (SSSR count). The number of likely N-dealkylation sites (tertiary alicyclic amines) is 1. The Balaban J connectivity index is 0.00000300. The summed E-state index contributed by atoms with van der Waals surface area (Å²) in [6.07, 6.45) is 6.95. The molecule has 0 saturated carbocycles. The summed E-state index contributed by atoms with van der Waals surface area (Å²) in [7, 11) is 1.66. The number of guanidine groups is 1. The predicted octanol–water partition coefficient (Wildman–Crippen LogP) is 3.44. The van der Waals surface area contributed by atoms with Crippen LogP contribution in [0.4, 0.5) is 0 Å². The maximum Gasteiger partial charge on any atom is 0.194 e. The first-order chi connectivity index (χ1) is 13.7. The molecular weight excluding hydrogens is 481 g/mol. The van der Waals surface area contributed by atoms with Crippen LogP contribution < -0.4 is 14.8 Å². The van der Waals surface area contributed by atoms with E-state index in [-0.39, 0.29) is 24.0 Å². The van der Waals surface area contributed by atoms with E-state index in [1.165, 1.54) is 0 Å². The summed E-state index contributed by atoms with van der Waals surface area (Å²) in [5.41, 5.74) is 0. The average molecular weight is 513 g/mol. The topological polar surface area (TPSA) is 63.9 Å². The van der Waals surface area contributed by atoms with Gasteiger partial charge in [0.15, 0.2) is 5.96 Å². The van der Waals surface area contributed by atoms with Crippen molar-refractivity contribution in [3.63, 3.8) is 0 Å². The van der Waals surface area contributed by atoms with Crippen LogP contribution in [0, 0.1) is 5.92 Å². The summed E-state index contributed by atoms with van der Waals surface area (Å²) in [6.45, 7) is 8.32. The predicted molar refractivity (Wildman–Crippen MR) is 127 cm³/mol. The number of hydrogen-bond acceptors (Lipinski definition) is 4. The normalized spacial score (nSPS) is 19.4. The number of aromatic nitrogens is 2. The molecule has 0 aliphatic carbocycles. The van der Waals surface area contributed by atoms with E-state index in [1.807, 2.05) is 36.8 Å². The van der Waals surface area contributed by atoms with Crippen molar-refractivity contribution < 1.29 is 9.47 Å². The molecular formula is C21H32IN5O2. The Morgan fingerprint density at radius 3 is 2.90 bits per heavy atom. The van der Waals surface area contributed by atoms with Crippen molar-refractivity contribution in [1.29, 1.82) is 0 Å². The van der Waals surface area contributed by atoms with Crippen LogP contribution in [0.25, 0.3) is 0 Å². The molecule has 1 aromatic carbocycles. The fourth-order valence-electron chi connectivity index (χ4n) is 3.53. The van der Waals surface area contributed by atoms with Crippen LogP contribution in [-0.2, 0) is 0 Å². The van der Waals surface area contributed by atoms with Crippen molar-refractivity contribution in [2.45, 2.75) is 26.3 Å². The second-order valence-electron chi connectivity index (χ2n) is 7.05. The van der Waals surface area contributed by atoms with Gasteiger partial charge in [-0.05, 0) is 31.4 Å². The zero-order valence-electron chi connectivity index (χ0n) is 17.5. The molecule has 1 N–H and O–H groups in total. The number of nitrogens with zero attached hydrogens (tertiary/aromatic N) is 4. The van der Waals surface area contributed by atoms with Gasteiger partial charge in [0.25, 0.3) is 0 Å². The number of rotatable bonds is 7. The lowest BCUT2D eigenvalue weighted by atomic mass is 9.93. The van der Waals surface area contributed by atoms with E-state index in [4.69, 9.17) is 14.5 Å². The maximum atomic E-state index is 5.82. The lowest BCUT2D eigenvalue weighted by molar-refractivity contribution is 0.188. The lowest BCUT2D eigenvalue weighted by Gasteiger charge is -2.39. The fourth-order valence-corrected chi connectivity index (χ4v) is 3.53. The lowest BCUT2D eigenvalue weighted by Crippen LogP contribution is -2.49. The van der Waals surface area contributed by atoms with Gasteiger partial charge in [-0.15, -0.1) is 24.0 Å². The molecule has 0 spiro atoms. The van der Waals surface area contributed by atoms with E-state index in [9.17, 15) is 0 Å². The molecule has 0 radical (unpaired) electrons. The average Bonchev–Trinajstić information content (AvgIpc) is 3.25. The van der Waals surface area contributed by atoms with E-state index in [1.54, 1.807) is 7.11 Å². The number of imidazole rings is 1. The number of aliphatic imine (C=N–C) groups is 1. The minimum absolute atomic E-state index is 0. The van der Waals surface area contributed by atoms with E-state index in [2.05, 4.69) is 39.8 Å². The van der Waals surface area contributed by atoms with Crippen LogP contribution >= 0.6 is 24.0 Å². The van der Waals surface area contributed by atoms with E-state index >= 15 is 0 Å². The minimum atomic E-state index is 0. The summed E-state index contributed by atoms with van der Waals surface area (Å²) in [5.74, 6) is 3.16. The molecule has 2 unspecified atom stereocenters. The highest BCUT2D eigenvalue weighted by atomic mass is 127. The molecule has 0 bridgehead atoms. The summed E-state index contributed by atoms with van der Waals surface area (Å²) in [4.78, 5) is 11.3. The smallest absolute Gasteiger partial charge is 0.194 e. The Labute approximate surface area is 190 Å². The highest BCUT2D eigenvalue weighted by Gasteiger charge is 2.28. The Morgan fingerprint density at radius 2 is 2.17 bits per heavy atom. The Bertz CT molecular complexity index is 753. The second kappa shape index (κ2) is 11.9. The maximum absolute atomic E-state index is 5.82. The van der Waals surface area contributed by atoms with Crippen LogP contribution in [-0.4, -0.2) is 60.3 Å². The molecule has 1 saturated heterocycles. The van der Waals surface area contributed by atoms with E-state index in [0.29, 0.717) is 25.1 Å². The standard InChI is InChI=1S/C21H31N5O2.HI/c1-4-23-21(24-10-13-28-19-7-5-6-18(14-19)27-3)25-11-8-17(2)20(15-25)26-12-9-22-16-26;/h5-7,9,12,14,16-17,20H,4,8,10-11,13,15H2,1-3H3,(H,23,24);1H. The van der Waals surface area contributed by atoms with Crippen molar-refractivity contribution in [3.05, 3.63) is 43.0 Å². The van der Waals surface area contributed by atoms with Gasteiger partial charge in [0.05, 0.1) is 26.0 Å². The quantitative estimate of drug-likeness (QED) is 0.266. The number of benzene rings is 1. The van der Waals surface area contributed by atoms with Gasteiger partial charge in [-0.2, -0.15) is 0 Å². The first-order valence-electron chi connectivity index (χ1n) is 9.98. The van der Waals surface area contributed by atoms with Gasteiger partial charge in [-0.1, -0.05) is 13.0 Å².